The highest BCUT2D eigenvalue weighted by Gasteiger charge is 2.23. The number of para-hydroxylation sites is 2. The van der Waals surface area contributed by atoms with E-state index in [-0.39, 0.29) is 16.7 Å². The first kappa shape index (κ1) is 19.5. The highest BCUT2D eigenvalue weighted by atomic mass is 16.6. The summed E-state index contributed by atoms with van der Waals surface area (Å²) in [6, 6.07) is 10.2. The number of benzene rings is 2. The number of aromatic amines is 1. The van der Waals surface area contributed by atoms with E-state index in [9.17, 15) is 24.5 Å². The Bertz CT molecular complexity index is 1260. The van der Waals surface area contributed by atoms with Gasteiger partial charge in [-0.15, -0.1) is 4.68 Å². The van der Waals surface area contributed by atoms with Gasteiger partial charge in [-0.05, 0) is 25.1 Å². The number of nitro groups is 1. The third-order valence-corrected chi connectivity index (χ3v) is 3.96. The Morgan fingerprint density at radius 3 is 2.69 bits per heavy atom. The molecule has 0 saturated carbocycles. The summed E-state index contributed by atoms with van der Waals surface area (Å²) in [7, 11) is 0. The fourth-order valence-corrected chi connectivity index (χ4v) is 2.52. The van der Waals surface area contributed by atoms with Crippen LogP contribution >= 0.6 is 0 Å². The molecule has 0 aliphatic carbocycles. The van der Waals surface area contributed by atoms with Gasteiger partial charge in [-0.2, -0.15) is 5.10 Å². The third kappa shape index (κ3) is 3.88. The lowest BCUT2D eigenvalue weighted by molar-refractivity contribution is -0.386. The predicted molar refractivity (Wildman–Crippen MR) is 103 cm³/mol. The fraction of sp³-hybridized carbons (Fsp3) is 0.111. The lowest BCUT2D eigenvalue weighted by Gasteiger charge is -2.12. The number of hydrogen-bond acceptors (Lipinski definition) is 7. The summed E-state index contributed by atoms with van der Waals surface area (Å²) in [5.41, 5.74) is -1.62. The standard InChI is InChI=1S/C18H14N4O7/c1-10(17(24)25)29-15-11(5-4-8-14(15)22(27)28)9-19-21-16(23)12-6-2-3-7-13(12)20-18(21)26/h2-10H,1H3,(H,20,26)(H,24,25). The highest BCUT2D eigenvalue weighted by Crippen LogP contribution is 2.31. The molecular weight excluding hydrogens is 384 g/mol. The van der Waals surface area contributed by atoms with Gasteiger partial charge in [0.05, 0.1) is 22.0 Å². The molecule has 0 saturated heterocycles. The molecule has 1 atom stereocenters. The SMILES string of the molecule is CC(Oc1c(C=Nn2c(=O)[nH]c3ccccc3c2=O)cccc1[N+](=O)[O-])C(=O)O. The number of nitro benzene ring substituents is 1. The molecule has 0 fully saturated rings. The summed E-state index contributed by atoms with van der Waals surface area (Å²) in [6.07, 6.45) is -0.363. The van der Waals surface area contributed by atoms with Crippen LogP contribution in [0.1, 0.15) is 12.5 Å². The van der Waals surface area contributed by atoms with Gasteiger partial charge in [-0.3, -0.25) is 14.9 Å². The van der Waals surface area contributed by atoms with Crippen LogP contribution in [-0.2, 0) is 4.79 Å². The van der Waals surface area contributed by atoms with Gasteiger partial charge in [0.25, 0.3) is 5.56 Å². The molecule has 0 radical (unpaired) electrons. The van der Waals surface area contributed by atoms with E-state index in [1.54, 1.807) is 18.2 Å². The molecule has 1 unspecified atom stereocenters. The van der Waals surface area contributed by atoms with Crippen LogP contribution in [0.4, 0.5) is 5.69 Å². The van der Waals surface area contributed by atoms with E-state index in [1.807, 2.05) is 0 Å². The van der Waals surface area contributed by atoms with Crippen molar-refractivity contribution >= 4 is 28.8 Å². The second-order valence-corrected chi connectivity index (χ2v) is 5.89. The lowest BCUT2D eigenvalue weighted by atomic mass is 10.2. The number of H-pyrrole nitrogens is 1. The zero-order valence-corrected chi connectivity index (χ0v) is 14.9. The smallest absolute Gasteiger partial charge is 0.349 e. The van der Waals surface area contributed by atoms with E-state index in [0.717, 1.165) is 12.3 Å². The van der Waals surface area contributed by atoms with Crippen molar-refractivity contribution < 1.29 is 19.6 Å². The van der Waals surface area contributed by atoms with Crippen molar-refractivity contribution in [2.45, 2.75) is 13.0 Å². The van der Waals surface area contributed by atoms with Gasteiger partial charge in [0, 0.05) is 11.6 Å². The number of carboxylic acids is 1. The molecule has 1 heterocycles. The van der Waals surface area contributed by atoms with Gasteiger partial charge in [0.15, 0.2) is 6.10 Å². The molecule has 11 nitrogen and oxygen atoms in total. The maximum atomic E-state index is 12.5. The van der Waals surface area contributed by atoms with Gasteiger partial charge in [-0.1, -0.05) is 18.2 Å². The largest absolute Gasteiger partial charge is 0.479 e. The van der Waals surface area contributed by atoms with E-state index in [4.69, 9.17) is 9.84 Å². The maximum absolute atomic E-state index is 12.5. The predicted octanol–water partition coefficient (Wildman–Crippen LogP) is 1.33. The molecule has 0 spiro atoms. The van der Waals surface area contributed by atoms with Crippen LogP contribution in [0.2, 0.25) is 0 Å². The van der Waals surface area contributed by atoms with E-state index >= 15 is 0 Å². The van der Waals surface area contributed by atoms with Gasteiger partial charge in [0.1, 0.15) is 0 Å². The molecule has 148 valence electrons. The second kappa shape index (κ2) is 7.76. The van der Waals surface area contributed by atoms with Crippen molar-refractivity contribution in [3.05, 3.63) is 79.0 Å². The Hall–Kier alpha value is -4.28. The molecular formula is C18H14N4O7. The number of nitrogens with one attached hydrogen (secondary N) is 1. The van der Waals surface area contributed by atoms with Crippen molar-refractivity contribution in [1.29, 1.82) is 0 Å². The molecule has 0 aliphatic rings. The Balaban J connectivity index is 2.12. The van der Waals surface area contributed by atoms with Gasteiger partial charge in [0.2, 0.25) is 5.75 Å². The number of aliphatic carboxylic acids is 1. The van der Waals surface area contributed by atoms with Gasteiger partial charge >= 0.3 is 17.3 Å². The summed E-state index contributed by atoms with van der Waals surface area (Å²) in [6.45, 7) is 1.21. The van der Waals surface area contributed by atoms with Crippen LogP contribution in [0.3, 0.4) is 0 Å². The van der Waals surface area contributed by atoms with E-state index in [1.165, 1.54) is 25.1 Å². The minimum absolute atomic E-state index is 0.0201. The molecule has 29 heavy (non-hydrogen) atoms. The number of fused-ring (bicyclic) bond motifs is 1. The number of aromatic nitrogens is 2. The minimum atomic E-state index is -1.38. The van der Waals surface area contributed by atoms with E-state index in [0.29, 0.717) is 10.2 Å². The first-order valence-electron chi connectivity index (χ1n) is 8.25. The number of carboxylic acid groups (broad SMARTS) is 1. The third-order valence-electron chi connectivity index (χ3n) is 3.96. The topological polar surface area (TPSA) is 157 Å². The molecule has 2 N–H and O–H groups in total. The normalized spacial score (nSPS) is 12.2. The molecule has 3 aromatic rings. The van der Waals surface area contributed by atoms with Crippen LogP contribution in [-0.4, -0.2) is 38.0 Å². The average Bonchev–Trinajstić information content (AvgIpc) is 2.68. The summed E-state index contributed by atoms with van der Waals surface area (Å²) in [4.78, 5) is 48.8. The Morgan fingerprint density at radius 2 is 2.00 bits per heavy atom. The Morgan fingerprint density at radius 1 is 1.28 bits per heavy atom. The summed E-state index contributed by atoms with van der Waals surface area (Å²) >= 11 is 0. The van der Waals surface area contributed by atoms with Crippen molar-refractivity contribution in [3.63, 3.8) is 0 Å². The van der Waals surface area contributed by atoms with E-state index < -0.39 is 33.9 Å². The number of rotatable bonds is 6. The molecule has 0 amide bonds. The molecule has 1 aromatic heterocycles. The fourth-order valence-electron chi connectivity index (χ4n) is 2.52. The molecule has 0 aliphatic heterocycles. The zero-order chi connectivity index (χ0) is 21.1. The molecule has 0 bridgehead atoms. The van der Waals surface area contributed by atoms with Gasteiger partial charge < -0.3 is 14.8 Å². The van der Waals surface area contributed by atoms with Crippen LogP contribution in [0, 0.1) is 10.1 Å². The Labute approximate surface area is 161 Å². The van der Waals surface area contributed by atoms with Crippen LogP contribution < -0.4 is 16.0 Å². The van der Waals surface area contributed by atoms with Crippen molar-refractivity contribution in [1.82, 2.24) is 9.66 Å². The molecule has 3 rings (SSSR count). The first-order chi connectivity index (χ1) is 13.8. The van der Waals surface area contributed by atoms with Gasteiger partial charge in [-0.25, -0.2) is 9.59 Å². The number of carbonyl (C=O) groups is 1. The lowest BCUT2D eigenvalue weighted by Crippen LogP contribution is -2.32. The van der Waals surface area contributed by atoms with Crippen molar-refractivity contribution in [3.8, 4) is 5.75 Å². The molecule has 11 heteroatoms. The maximum Gasteiger partial charge on any atom is 0.349 e. The average molecular weight is 398 g/mol. The first-order valence-corrected chi connectivity index (χ1v) is 8.25. The number of hydrogen-bond donors (Lipinski definition) is 2. The summed E-state index contributed by atoms with van der Waals surface area (Å²) < 4.78 is 5.77. The number of ether oxygens (including phenoxy) is 1. The monoisotopic (exact) mass is 398 g/mol. The zero-order valence-electron chi connectivity index (χ0n) is 14.9. The summed E-state index contributed by atoms with van der Waals surface area (Å²) in [5.74, 6) is -1.67. The number of nitrogens with zero attached hydrogens (tertiary/aromatic N) is 3. The van der Waals surface area contributed by atoms with Crippen molar-refractivity contribution in [2.75, 3.05) is 0 Å². The van der Waals surface area contributed by atoms with Crippen LogP contribution in [0.25, 0.3) is 10.9 Å². The summed E-state index contributed by atoms with van der Waals surface area (Å²) in [5, 5.41) is 24.3. The minimum Gasteiger partial charge on any atom is -0.479 e. The Kier molecular flexibility index (Phi) is 5.21. The van der Waals surface area contributed by atoms with Crippen LogP contribution in [0.5, 0.6) is 5.75 Å². The van der Waals surface area contributed by atoms with E-state index in [2.05, 4.69) is 10.1 Å². The second-order valence-electron chi connectivity index (χ2n) is 5.89. The van der Waals surface area contributed by atoms with Crippen molar-refractivity contribution in [2.24, 2.45) is 5.10 Å². The van der Waals surface area contributed by atoms with Crippen LogP contribution in [0.15, 0.2) is 57.2 Å². The highest BCUT2D eigenvalue weighted by molar-refractivity contribution is 5.86. The molecule has 2 aromatic carbocycles. The quantitative estimate of drug-likeness (QED) is 0.360.